The number of nitrogens with zero attached hydrogens (tertiary/aromatic N) is 1. The standard InChI is InChI=1S/C18H29N3O2S.HI/c1-19-17(21-15-18(24-2)9-13-22-14-10-18)20-11-6-12-23-16-7-4-3-5-8-16;/h3-5,7-8H,6,9-15H2,1-2H3,(H2,19,20,21);1H. The van der Waals surface area contributed by atoms with E-state index >= 15 is 0 Å². The molecule has 5 nitrogen and oxygen atoms in total. The Bertz CT molecular complexity index is 496. The van der Waals surface area contributed by atoms with E-state index < -0.39 is 0 Å². The number of nitrogens with one attached hydrogen (secondary N) is 2. The number of aliphatic imine (C=N–C) groups is 1. The molecule has 0 saturated carbocycles. The summed E-state index contributed by atoms with van der Waals surface area (Å²) < 4.78 is 11.4. The summed E-state index contributed by atoms with van der Waals surface area (Å²) in [4.78, 5) is 4.31. The lowest BCUT2D eigenvalue weighted by Crippen LogP contribution is -2.48. The smallest absolute Gasteiger partial charge is 0.191 e. The van der Waals surface area contributed by atoms with Gasteiger partial charge in [0, 0.05) is 38.1 Å². The van der Waals surface area contributed by atoms with Gasteiger partial charge in [-0.05, 0) is 37.7 Å². The van der Waals surface area contributed by atoms with Gasteiger partial charge in [-0.25, -0.2) is 0 Å². The van der Waals surface area contributed by atoms with Gasteiger partial charge in [-0.1, -0.05) is 18.2 Å². The van der Waals surface area contributed by atoms with Gasteiger partial charge < -0.3 is 20.1 Å². The zero-order valence-corrected chi connectivity index (χ0v) is 18.3. The van der Waals surface area contributed by atoms with Crippen LogP contribution >= 0.6 is 35.7 Å². The van der Waals surface area contributed by atoms with Gasteiger partial charge in [0.1, 0.15) is 5.75 Å². The van der Waals surface area contributed by atoms with E-state index in [0.29, 0.717) is 6.61 Å². The number of hydrogen-bond donors (Lipinski definition) is 2. The van der Waals surface area contributed by atoms with Gasteiger partial charge in [0.15, 0.2) is 5.96 Å². The van der Waals surface area contributed by atoms with Crippen molar-refractivity contribution in [3.8, 4) is 5.75 Å². The Balaban J connectivity index is 0.00000312. The van der Waals surface area contributed by atoms with Crippen LogP contribution in [0.25, 0.3) is 0 Å². The van der Waals surface area contributed by atoms with Crippen LogP contribution in [-0.2, 0) is 4.74 Å². The largest absolute Gasteiger partial charge is 0.494 e. The third-order valence-corrected chi connectivity index (χ3v) is 5.68. The highest BCUT2D eigenvalue weighted by atomic mass is 127. The first-order valence-corrected chi connectivity index (χ1v) is 9.76. The summed E-state index contributed by atoms with van der Waals surface area (Å²) in [6.07, 6.45) is 5.29. The summed E-state index contributed by atoms with van der Waals surface area (Å²) in [5.41, 5.74) is 0. The zero-order chi connectivity index (χ0) is 17.1. The Labute approximate surface area is 172 Å². The molecule has 25 heavy (non-hydrogen) atoms. The molecule has 1 aliphatic heterocycles. The molecule has 0 unspecified atom stereocenters. The summed E-state index contributed by atoms with van der Waals surface area (Å²) in [7, 11) is 1.81. The van der Waals surface area contributed by atoms with Crippen LogP contribution in [0.3, 0.4) is 0 Å². The Morgan fingerprint density at radius 2 is 1.96 bits per heavy atom. The van der Waals surface area contributed by atoms with Crippen molar-refractivity contribution in [2.75, 3.05) is 46.2 Å². The number of rotatable bonds is 8. The van der Waals surface area contributed by atoms with E-state index in [9.17, 15) is 0 Å². The molecule has 1 aliphatic rings. The summed E-state index contributed by atoms with van der Waals surface area (Å²) >= 11 is 1.93. The molecule has 1 saturated heterocycles. The van der Waals surface area contributed by atoms with Crippen molar-refractivity contribution in [3.05, 3.63) is 30.3 Å². The molecular weight excluding hydrogens is 449 g/mol. The fourth-order valence-corrected chi connectivity index (χ4v) is 3.44. The lowest BCUT2D eigenvalue weighted by atomic mass is 9.99. The summed E-state index contributed by atoms with van der Waals surface area (Å²) in [5, 5.41) is 6.82. The van der Waals surface area contributed by atoms with Crippen molar-refractivity contribution in [2.24, 2.45) is 4.99 Å². The lowest BCUT2D eigenvalue weighted by Gasteiger charge is -2.36. The van der Waals surface area contributed by atoms with E-state index in [0.717, 1.165) is 57.3 Å². The maximum atomic E-state index is 5.69. The van der Waals surface area contributed by atoms with E-state index in [-0.39, 0.29) is 28.7 Å². The maximum Gasteiger partial charge on any atom is 0.191 e. The highest BCUT2D eigenvalue weighted by Crippen LogP contribution is 2.32. The molecule has 0 spiro atoms. The van der Waals surface area contributed by atoms with Gasteiger partial charge in [0.25, 0.3) is 0 Å². The molecule has 0 bridgehead atoms. The minimum Gasteiger partial charge on any atom is -0.494 e. The van der Waals surface area contributed by atoms with Gasteiger partial charge in [0.05, 0.1) is 6.61 Å². The zero-order valence-electron chi connectivity index (χ0n) is 15.1. The predicted octanol–water partition coefficient (Wildman–Crippen LogP) is 3.15. The summed E-state index contributed by atoms with van der Waals surface area (Å²) in [6.45, 7) is 4.15. The molecule has 1 heterocycles. The fourth-order valence-electron chi connectivity index (χ4n) is 2.65. The summed E-state index contributed by atoms with van der Waals surface area (Å²) in [5.74, 6) is 1.77. The van der Waals surface area contributed by atoms with Gasteiger partial charge >= 0.3 is 0 Å². The molecule has 7 heteroatoms. The maximum absolute atomic E-state index is 5.69. The van der Waals surface area contributed by atoms with Crippen LogP contribution in [0.1, 0.15) is 19.3 Å². The van der Waals surface area contributed by atoms with E-state index in [1.54, 1.807) is 0 Å². The Morgan fingerprint density at radius 1 is 1.24 bits per heavy atom. The fraction of sp³-hybridized carbons (Fsp3) is 0.611. The SMILES string of the molecule is CN=C(NCCCOc1ccccc1)NCC1(SC)CCOCC1.I. The molecule has 1 fully saturated rings. The molecule has 0 radical (unpaired) electrons. The molecule has 1 aromatic carbocycles. The average Bonchev–Trinajstić information content (AvgIpc) is 2.65. The highest BCUT2D eigenvalue weighted by molar-refractivity contribution is 14.0. The molecule has 1 aromatic rings. The van der Waals surface area contributed by atoms with Crippen LogP contribution < -0.4 is 15.4 Å². The number of benzene rings is 1. The molecule has 2 rings (SSSR count). The number of halogens is 1. The van der Waals surface area contributed by atoms with E-state index in [4.69, 9.17) is 9.47 Å². The predicted molar refractivity (Wildman–Crippen MR) is 118 cm³/mol. The minimum absolute atomic E-state index is 0. The van der Waals surface area contributed by atoms with Gasteiger partial charge in [-0.15, -0.1) is 24.0 Å². The lowest BCUT2D eigenvalue weighted by molar-refractivity contribution is 0.0783. The topological polar surface area (TPSA) is 54.9 Å². The molecule has 2 N–H and O–H groups in total. The van der Waals surface area contributed by atoms with Crippen molar-refractivity contribution < 1.29 is 9.47 Å². The van der Waals surface area contributed by atoms with E-state index in [1.165, 1.54) is 0 Å². The monoisotopic (exact) mass is 479 g/mol. The number of hydrogen-bond acceptors (Lipinski definition) is 4. The molecule has 0 aliphatic carbocycles. The van der Waals surface area contributed by atoms with Gasteiger partial charge in [-0.3, -0.25) is 4.99 Å². The van der Waals surface area contributed by atoms with Crippen molar-refractivity contribution >= 4 is 41.7 Å². The first-order valence-electron chi connectivity index (χ1n) is 8.53. The van der Waals surface area contributed by atoms with E-state index in [1.807, 2.05) is 49.1 Å². The number of thioether (sulfide) groups is 1. The number of para-hydroxylation sites is 1. The second kappa shape index (κ2) is 12.6. The molecule has 0 aromatic heterocycles. The van der Waals surface area contributed by atoms with Crippen molar-refractivity contribution in [1.29, 1.82) is 0 Å². The Kier molecular flexibility index (Phi) is 11.3. The first-order chi connectivity index (χ1) is 11.8. The second-order valence-electron chi connectivity index (χ2n) is 5.87. The molecule has 0 atom stereocenters. The Hall–Kier alpha value is -0.670. The quantitative estimate of drug-likeness (QED) is 0.260. The summed E-state index contributed by atoms with van der Waals surface area (Å²) in [6, 6.07) is 9.91. The van der Waals surface area contributed by atoms with Crippen molar-refractivity contribution in [1.82, 2.24) is 10.6 Å². The Morgan fingerprint density at radius 3 is 2.60 bits per heavy atom. The number of ether oxygens (including phenoxy) is 2. The van der Waals surface area contributed by atoms with Crippen LogP contribution in [0.5, 0.6) is 5.75 Å². The second-order valence-corrected chi connectivity index (χ2v) is 7.14. The minimum atomic E-state index is 0. The molecule has 142 valence electrons. The third kappa shape index (κ3) is 8.04. The van der Waals surface area contributed by atoms with Gasteiger partial charge in [-0.2, -0.15) is 11.8 Å². The normalized spacial score (nSPS) is 16.6. The van der Waals surface area contributed by atoms with Crippen molar-refractivity contribution in [3.63, 3.8) is 0 Å². The molecular formula is C18H30IN3O2S. The van der Waals surface area contributed by atoms with Crippen molar-refractivity contribution in [2.45, 2.75) is 24.0 Å². The van der Waals surface area contributed by atoms with Crippen LogP contribution in [0.15, 0.2) is 35.3 Å². The van der Waals surface area contributed by atoms with Crippen LogP contribution in [-0.4, -0.2) is 56.9 Å². The van der Waals surface area contributed by atoms with E-state index in [2.05, 4.69) is 21.9 Å². The number of guanidine groups is 1. The van der Waals surface area contributed by atoms with Crippen LogP contribution in [0, 0.1) is 0 Å². The molecule has 0 amide bonds. The van der Waals surface area contributed by atoms with Crippen LogP contribution in [0.2, 0.25) is 0 Å². The average molecular weight is 479 g/mol. The van der Waals surface area contributed by atoms with Crippen LogP contribution in [0.4, 0.5) is 0 Å². The highest BCUT2D eigenvalue weighted by Gasteiger charge is 2.31. The van der Waals surface area contributed by atoms with Gasteiger partial charge in [0.2, 0.25) is 0 Å². The first kappa shape index (κ1) is 22.4. The third-order valence-electron chi connectivity index (χ3n) is 4.26.